The van der Waals surface area contributed by atoms with E-state index in [2.05, 4.69) is 92.6 Å². The second-order valence-corrected chi connectivity index (χ2v) is 11.2. The van der Waals surface area contributed by atoms with E-state index in [1.54, 1.807) is 0 Å². The van der Waals surface area contributed by atoms with Crippen LogP contribution in [0.2, 0.25) is 0 Å². The van der Waals surface area contributed by atoms with E-state index in [1.165, 1.54) is 49.0 Å². The van der Waals surface area contributed by atoms with Crippen molar-refractivity contribution in [3.05, 3.63) is 100 Å². The van der Waals surface area contributed by atoms with Gasteiger partial charge in [0.05, 0.1) is 5.56 Å². The van der Waals surface area contributed by atoms with E-state index < -0.39 is 5.60 Å². The number of fused-ring (bicyclic) bond motifs is 2. The molecule has 5 rings (SSSR count). The van der Waals surface area contributed by atoms with Crippen LogP contribution in [0.5, 0.6) is 0 Å². The zero-order chi connectivity index (χ0) is 28.3. The van der Waals surface area contributed by atoms with Crippen LogP contribution >= 0.6 is 0 Å². The standard InChI is InChI=1S/C36H44N2O2/c1-6-9-10-11-12-17-24-38-27(5)34(30-19-14-16-21-33(30)38)36(32-20-15-13-18-29(32)35(39)40-36)31-23-22-28(25-26(31)4)37(7-2)8-3/h13-16,18-23,25H,6-12,17,24H2,1-5H3. The molecule has 1 aliphatic rings. The van der Waals surface area contributed by atoms with Crippen molar-refractivity contribution in [3.8, 4) is 0 Å². The summed E-state index contributed by atoms with van der Waals surface area (Å²) >= 11 is 0. The van der Waals surface area contributed by atoms with E-state index in [0.29, 0.717) is 5.56 Å². The minimum Gasteiger partial charge on any atom is -0.440 e. The predicted octanol–water partition coefficient (Wildman–Crippen LogP) is 8.93. The Morgan fingerprint density at radius 3 is 2.25 bits per heavy atom. The van der Waals surface area contributed by atoms with Crippen molar-refractivity contribution in [2.45, 2.75) is 85.3 Å². The number of rotatable bonds is 12. The first kappa shape index (κ1) is 28.0. The van der Waals surface area contributed by atoms with Gasteiger partial charge in [-0.1, -0.05) is 81.5 Å². The molecule has 0 fully saturated rings. The van der Waals surface area contributed by atoms with Gasteiger partial charge >= 0.3 is 5.97 Å². The molecule has 0 saturated carbocycles. The first-order valence-corrected chi connectivity index (χ1v) is 15.2. The quantitative estimate of drug-likeness (QED) is 0.134. The van der Waals surface area contributed by atoms with Crippen LogP contribution in [0, 0.1) is 13.8 Å². The Bertz CT molecular complexity index is 1500. The number of cyclic esters (lactones) is 1. The van der Waals surface area contributed by atoms with Gasteiger partial charge in [-0.15, -0.1) is 0 Å². The summed E-state index contributed by atoms with van der Waals surface area (Å²) in [6.45, 7) is 13.9. The predicted molar refractivity (Wildman–Crippen MR) is 167 cm³/mol. The van der Waals surface area contributed by atoms with Crippen LogP contribution in [0.4, 0.5) is 5.69 Å². The highest BCUT2D eigenvalue weighted by atomic mass is 16.6. The van der Waals surface area contributed by atoms with Crippen molar-refractivity contribution in [2.24, 2.45) is 0 Å². The lowest BCUT2D eigenvalue weighted by Gasteiger charge is -2.33. The van der Waals surface area contributed by atoms with Gasteiger partial charge in [0, 0.05) is 58.6 Å². The van der Waals surface area contributed by atoms with E-state index in [4.69, 9.17) is 4.74 Å². The molecule has 2 heterocycles. The van der Waals surface area contributed by atoms with Crippen molar-refractivity contribution in [1.82, 2.24) is 4.57 Å². The number of aromatic nitrogens is 1. The Morgan fingerprint density at radius 2 is 1.50 bits per heavy atom. The molecule has 40 heavy (non-hydrogen) atoms. The van der Waals surface area contributed by atoms with Crippen LogP contribution < -0.4 is 4.90 Å². The second-order valence-electron chi connectivity index (χ2n) is 11.2. The summed E-state index contributed by atoms with van der Waals surface area (Å²) in [7, 11) is 0. The Labute approximate surface area is 240 Å². The summed E-state index contributed by atoms with van der Waals surface area (Å²) in [5.74, 6) is -0.255. The number of hydrogen-bond acceptors (Lipinski definition) is 3. The molecule has 0 radical (unpaired) electrons. The number of ether oxygens (including phenoxy) is 1. The van der Waals surface area contributed by atoms with Crippen molar-refractivity contribution in [1.29, 1.82) is 0 Å². The van der Waals surface area contributed by atoms with E-state index in [1.807, 2.05) is 18.2 Å². The molecule has 0 bridgehead atoms. The first-order valence-electron chi connectivity index (χ1n) is 15.2. The lowest BCUT2D eigenvalue weighted by molar-refractivity contribution is 0.0252. The maximum atomic E-state index is 13.5. The van der Waals surface area contributed by atoms with Crippen molar-refractivity contribution < 1.29 is 9.53 Å². The largest absolute Gasteiger partial charge is 0.440 e. The van der Waals surface area contributed by atoms with E-state index in [0.717, 1.165) is 53.7 Å². The fourth-order valence-electron chi connectivity index (χ4n) is 6.78. The molecule has 0 saturated heterocycles. The summed E-state index contributed by atoms with van der Waals surface area (Å²) in [5.41, 5.74) is 7.41. The third-order valence-electron chi connectivity index (χ3n) is 8.81. The molecule has 4 aromatic rings. The molecule has 1 aromatic heterocycles. The third kappa shape index (κ3) is 4.72. The Balaban J connectivity index is 1.70. The van der Waals surface area contributed by atoms with Crippen LogP contribution in [-0.4, -0.2) is 23.6 Å². The third-order valence-corrected chi connectivity index (χ3v) is 8.81. The van der Waals surface area contributed by atoms with Crippen LogP contribution in [0.3, 0.4) is 0 Å². The highest BCUT2D eigenvalue weighted by Crippen LogP contribution is 2.52. The van der Waals surface area contributed by atoms with Gasteiger partial charge < -0.3 is 14.2 Å². The molecule has 1 aliphatic heterocycles. The molecular formula is C36H44N2O2. The highest BCUT2D eigenvalue weighted by Gasteiger charge is 2.51. The molecule has 3 aromatic carbocycles. The first-order chi connectivity index (χ1) is 19.5. The fraction of sp³-hybridized carbons (Fsp3) is 0.417. The molecular weight excluding hydrogens is 492 g/mol. The SMILES string of the molecule is CCCCCCCCn1c(C)c(C2(c3ccc(N(CC)CC)cc3C)OC(=O)c3ccccc32)c2ccccc21. The topological polar surface area (TPSA) is 34.5 Å². The lowest BCUT2D eigenvalue weighted by atomic mass is 9.77. The van der Waals surface area contributed by atoms with E-state index >= 15 is 0 Å². The molecule has 0 N–H and O–H groups in total. The van der Waals surface area contributed by atoms with E-state index in [-0.39, 0.29) is 5.97 Å². The molecule has 1 atom stereocenters. The fourth-order valence-corrected chi connectivity index (χ4v) is 6.78. The summed E-state index contributed by atoms with van der Waals surface area (Å²) < 4.78 is 9.09. The average molecular weight is 537 g/mol. The minimum atomic E-state index is -1.00. The number of para-hydroxylation sites is 1. The molecule has 0 spiro atoms. The second kappa shape index (κ2) is 11.9. The van der Waals surface area contributed by atoms with Crippen LogP contribution in [-0.2, 0) is 16.9 Å². The summed E-state index contributed by atoms with van der Waals surface area (Å²) in [6, 6.07) is 23.2. The molecule has 4 heteroatoms. The average Bonchev–Trinajstić information content (AvgIpc) is 3.42. The zero-order valence-corrected chi connectivity index (χ0v) is 24.9. The van der Waals surface area contributed by atoms with Crippen molar-refractivity contribution in [2.75, 3.05) is 18.0 Å². The van der Waals surface area contributed by atoms with Gasteiger partial charge in [0.15, 0.2) is 5.60 Å². The van der Waals surface area contributed by atoms with Gasteiger partial charge in [0.2, 0.25) is 0 Å². The Hall–Kier alpha value is -3.53. The number of nitrogens with zero attached hydrogens (tertiary/aromatic N) is 2. The number of anilines is 1. The number of hydrogen-bond donors (Lipinski definition) is 0. The maximum absolute atomic E-state index is 13.5. The summed E-state index contributed by atoms with van der Waals surface area (Å²) in [5, 5.41) is 1.16. The minimum absolute atomic E-state index is 0.255. The molecule has 1 unspecified atom stereocenters. The number of unbranched alkanes of at least 4 members (excludes halogenated alkanes) is 5. The normalized spacial score (nSPS) is 16.4. The monoisotopic (exact) mass is 536 g/mol. The van der Waals surface area contributed by atoms with Crippen molar-refractivity contribution in [3.63, 3.8) is 0 Å². The highest BCUT2D eigenvalue weighted by molar-refractivity contribution is 5.99. The maximum Gasteiger partial charge on any atom is 0.340 e. The summed E-state index contributed by atoms with van der Waals surface area (Å²) in [6.07, 6.45) is 7.55. The van der Waals surface area contributed by atoms with Gasteiger partial charge in [-0.25, -0.2) is 4.79 Å². The number of benzene rings is 3. The zero-order valence-electron chi connectivity index (χ0n) is 24.9. The van der Waals surface area contributed by atoms with Gasteiger partial charge in [-0.2, -0.15) is 0 Å². The number of carbonyl (C=O) groups is 1. The number of carbonyl (C=O) groups excluding carboxylic acids is 1. The van der Waals surface area contributed by atoms with Crippen LogP contribution in [0.15, 0.2) is 66.7 Å². The Morgan fingerprint density at radius 1 is 0.800 bits per heavy atom. The van der Waals surface area contributed by atoms with Gasteiger partial charge in [-0.05, 0) is 63.9 Å². The molecule has 210 valence electrons. The smallest absolute Gasteiger partial charge is 0.340 e. The molecule has 0 amide bonds. The van der Waals surface area contributed by atoms with E-state index in [9.17, 15) is 4.79 Å². The molecule has 0 aliphatic carbocycles. The van der Waals surface area contributed by atoms with Gasteiger partial charge in [0.1, 0.15) is 0 Å². The lowest BCUT2D eigenvalue weighted by Crippen LogP contribution is -2.32. The van der Waals surface area contributed by atoms with Gasteiger partial charge in [0.25, 0.3) is 0 Å². The molecule has 4 nitrogen and oxygen atoms in total. The van der Waals surface area contributed by atoms with Crippen LogP contribution in [0.25, 0.3) is 10.9 Å². The Kier molecular flexibility index (Phi) is 8.35. The summed E-state index contributed by atoms with van der Waals surface area (Å²) in [4.78, 5) is 15.9. The number of esters is 1. The van der Waals surface area contributed by atoms with Crippen molar-refractivity contribution >= 4 is 22.6 Å². The van der Waals surface area contributed by atoms with Crippen LogP contribution in [0.1, 0.15) is 97.6 Å². The number of aryl methyl sites for hydroxylation is 2. The van der Waals surface area contributed by atoms with Gasteiger partial charge in [-0.3, -0.25) is 0 Å².